The van der Waals surface area contributed by atoms with Crippen LogP contribution in [0.15, 0.2) is 24.3 Å². The molecule has 1 atom stereocenters. The molecule has 4 aliphatic carbocycles. The molecule has 1 saturated heterocycles. The lowest BCUT2D eigenvalue weighted by atomic mass is 9.49. The normalized spacial score (nSPS) is 36.4. The van der Waals surface area contributed by atoms with Crippen molar-refractivity contribution in [3.63, 3.8) is 0 Å². The molecule has 0 unspecified atom stereocenters. The Kier molecular flexibility index (Phi) is 4.46. The number of amides is 2. The molecule has 5 nitrogen and oxygen atoms in total. The van der Waals surface area contributed by atoms with Gasteiger partial charge in [-0.05, 0) is 87.5 Å². The van der Waals surface area contributed by atoms with Crippen LogP contribution in [0.3, 0.4) is 0 Å². The molecule has 6 rings (SSSR count). The summed E-state index contributed by atoms with van der Waals surface area (Å²) in [4.78, 5) is 26.9. The van der Waals surface area contributed by atoms with E-state index in [1.165, 1.54) is 43.4 Å². The standard InChI is InChI=1S/C23H30N2O3/c1-2-28-19-5-3-18(4-6-19)25-21(26)10-20(22(25)27)24-14-23-11-15-7-16(12-23)9-17(8-15)13-23/h3-6,15-17,20,24H,2,7-14H2,1H3/p+1/t15?,16?,17?,20-,23?/m1/s1. The van der Waals surface area contributed by atoms with Crippen LogP contribution in [0.1, 0.15) is 51.9 Å². The average molecular weight is 384 g/mol. The molecule has 5 fully saturated rings. The fourth-order valence-electron chi connectivity index (χ4n) is 6.90. The van der Waals surface area contributed by atoms with E-state index in [1.807, 2.05) is 31.2 Å². The predicted octanol–water partition coefficient (Wildman–Crippen LogP) is 2.50. The van der Waals surface area contributed by atoms with E-state index in [0.29, 0.717) is 24.1 Å². The van der Waals surface area contributed by atoms with Crippen LogP contribution in [0.4, 0.5) is 5.69 Å². The summed E-state index contributed by atoms with van der Waals surface area (Å²) >= 11 is 0. The van der Waals surface area contributed by atoms with Gasteiger partial charge in [0.1, 0.15) is 5.75 Å². The number of benzene rings is 1. The first-order chi connectivity index (χ1) is 13.5. The number of anilines is 1. The monoisotopic (exact) mass is 383 g/mol. The molecule has 1 aromatic carbocycles. The van der Waals surface area contributed by atoms with Gasteiger partial charge in [-0.3, -0.25) is 9.59 Å². The van der Waals surface area contributed by atoms with E-state index in [4.69, 9.17) is 4.74 Å². The molecule has 2 N–H and O–H groups in total. The van der Waals surface area contributed by atoms with Gasteiger partial charge in [-0.15, -0.1) is 0 Å². The Morgan fingerprint density at radius 3 is 2.21 bits per heavy atom. The number of carbonyl (C=O) groups excluding carboxylic acids is 2. The lowest BCUT2D eigenvalue weighted by Crippen LogP contribution is -2.94. The van der Waals surface area contributed by atoms with Crippen LogP contribution < -0.4 is 15.0 Å². The Bertz CT molecular complexity index is 737. The molecular formula is C23H31N2O3+. The van der Waals surface area contributed by atoms with Crippen LogP contribution in [0, 0.1) is 23.2 Å². The van der Waals surface area contributed by atoms with Crippen LogP contribution >= 0.6 is 0 Å². The Morgan fingerprint density at radius 2 is 1.64 bits per heavy atom. The second-order valence-corrected chi connectivity index (χ2v) is 9.66. The summed E-state index contributed by atoms with van der Waals surface area (Å²) in [6.07, 6.45) is 8.65. The quantitative estimate of drug-likeness (QED) is 0.768. The summed E-state index contributed by atoms with van der Waals surface area (Å²) in [5.41, 5.74) is 1.08. The van der Waals surface area contributed by atoms with Gasteiger partial charge in [0.2, 0.25) is 5.91 Å². The van der Waals surface area contributed by atoms with Gasteiger partial charge in [0.25, 0.3) is 5.91 Å². The van der Waals surface area contributed by atoms with Gasteiger partial charge >= 0.3 is 0 Å². The fourth-order valence-corrected chi connectivity index (χ4v) is 6.90. The van der Waals surface area contributed by atoms with Crippen molar-refractivity contribution < 1.29 is 19.6 Å². The van der Waals surface area contributed by atoms with E-state index in [0.717, 1.165) is 30.0 Å². The van der Waals surface area contributed by atoms with Gasteiger partial charge in [0.15, 0.2) is 6.04 Å². The predicted molar refractivity (Wildman–Crippen MR) is 106 cm³/mol. The number of imide groups is 1. The average Bonchev–Trinajstić information content (AvgIpc) is 2.94. The molecule has 0 radical (unpaired) electrons. The van der Waals surface area contributed by atoms with Gasteiger partial charge in [0.05, 0.1) is 25.3 Å². The van der Waals surface area contributed by atoms with Crippen LogP contribution in [0.2, 0.25) is 0 Å². The van der Waals surface area contributed by atoms with Gasteiger partial charge < -0.3 is 10.1 Å². The van der Waals surface area contributed by atoms with E-state index < -0.39 is 0 Å². The maximum atomic E-state index is 13.0. The molecule has 0 spiro atoms. The number of nitrogens with two attached hydrogens (primary N) is 1. The molecule has 4 saturated carbocycles. The highest BCUT2D eigenvalue weighted by atomic mass is 16.5. The van der Waals surface area contributed by atoms with Crippen molar-refractivity contribution in [1.29, 1.82) is 0 Å². The molecule has 0 aromatic heterocycles. The van der Waals surface area contributed by atoms with Crippen molar-refractivity contribution in [2.75, 3.05) is 18.1 Å². The second kappa shape index (κ2) is 6.87. The second-order valence-electron chi connectivity index (χ2n) is 9.66. The number of hydrogen-bond acceptors (Lipinski definition) is 3. The van der Waals surface area contributed by atoms with Crippen molar-refractivity contribution in [1.82, 2.24) is 0 Å². The molecule has 2 amide bonds. The highest BCUT2D eigenvalue weighted by Gasteiger charge is 2.53. The number of ether oxygens (including phenoxy) is 1. The van der Waals surface area contributed by atoms with E-state index in [1.54, 1.807) is 0 Å². The summed E-state index contributed by atoms with van der Waals surface area (Å²) < 4.78 is 5.46. The first-order valence-electron chi connectivity index (χ1n) is 11.0. The highest BCUT2D eigenvalue weighted by Crippen LogP contribution is 2.59. The number of nitrogens with zero attached hydrogens (tertiary/aromatic N) is 1. The van der Waals surface area contributed by atoms with Gasteiger partial charge in [0, 0.05) is 5.41 Å². The zero-order chi connectivity index (χ0) is 19.3. The zero-order valence-electron chi connectivity index (χ0n) is 16.7. The summed E-state index contributed by atoms with van der Waals surface area (Å²) in [6, 6.07) is 7.01. The lowest BCUT2D eigenvalue weighted by molar-refractivity contribution is -0.687. The van der Waals surface area contributed by atoms with Gasteiger partial charge in [-0.2, -0.15) is 0 Å². The molecule has 1 heterocycles. The van der Waals surface area contributed by atoms with Crippen molar-refractivity contribution >= 4 is 17.5 Å². The summed E-state index contributed by atoms with van der Waals surface area (Å²) in [5.74, 6) is 3.37. The molecule has 1 aliphatic heterocycles. The number of carbonyl (C=O) groups is 2. The SMILES string of the molecule is CCOc1ccc(N2C(=O)C[C@@H]([NH2+]CC34CC5CC(CC(C5)C3)C4)C2=O)cc1. The summed E-state index contributed by atoms with van der Waals surface area (Å²) in [5, 5.41) is 2.20. The minimum Gasteiger partial charge on any atom is -0.494 e. The van der Waals surface area contributed by atoms with E-state index in [-0.39, 0.29) is 17.9 Å². The van der Waals surface area contributed by atoms with Crippen LogP contribution in [-0.4, -0.2) is 31.0 Å². The largest absolute Gasteiger partial charge is 0.494 e. The fraction of sp³-hybridized carbons (Fsp3) is 0.652. The Hall–Kier alpha value is -1.88. The molecule has 5 heteroatoms. The molecule has 4 bridgehead atoms. The van der Waals surface area contributed by atoms with Crippen LogP contribution in [0.5, 0.6) is 5.75 Å². The highest BCUT2D eigenvalue weighted by molar-refractivity contribution is 6.21. The van der Waals surface area contributed by atoms with Crippen molar-refractivity contribution in [2.24, 2.45) is 23.2 Å². The Balaban J connectivity index is 1.25. The summed E-state index contributed by atoms with van der Waals surface area (Å²) in [6.45, 7) is 3.55. The number of quaternary nitrogens is 1. The molecular weight excluding hydrogens is 352 g/mol. The third-order valence-electron chi connectivity index (χ3n) is 7.59. The number of hydrogen-bond donors (Lipinski definition) is 1. The third-order valence-corrected chi connectivity index (χ3v) is 7.59. The van der Waals surface area contributed by atoms with E-state index in [9.17, 15) is 9.59 Å². The minimum absolute atomic E-state index is 0.0566. The maximum absolute atomic E-state index is 13.0. The minimum atomic E-state index is -0.257. The third kappa shape index (κ3) is 3.14. The maximum Gasteiger partial charge on any atom is 0.292 e. The summed E-state index contributed by atoms with van der Waals surface area (Å²) in [7, 11) is 0. The van der Waals surface area contributed by atoms with Gasteiger partial charge in [-0.25, -0.2) is 4.90 Å². The first kappa shape index (κ1) is 18.2. The van der Waals surface area contributed by atoms with Crippen LogP contribution in [-0.2, 0) is 9.59 Å². The topological polar surface area (TPSA) is 63.2 Å². The van der Waals surface area contributed by atoms with Crippen LogP contribution in [0.25, 0.3) is 0 Å². The van der Waals surface area contributed by atoms with Crippen molar-refractivity contribution in [2.45, 2.75) is 57.9 Å². The molecule has 1 aromatic rings. The number of rotatable bonds is 6. The smallest absolute Gasteiger partial charge is 0.292 e. The van der Waals surface area contributed by atoms with Crippen molar-refractivity contribution in [3.05, 3.63) is 24.3 Å². The zero-order valence-corrected chi connectivity index (χ0v) is 16.7. The Labute approximate surface area is 166 Å². The van der Waals surface area contributed by atoms with Gasteiger partial charge in [-0.1, -0.05) is 0 Å². The first-order valence-corrected chi connectivity index (χ1v) is 11.0. The molecule has 28 heavy (non-hydrogen) atoms. The molecule has 5 aliphatic rings. The Morgan fingerprint density at radius 1 is 1.04 bits per heavy atom. The lowest BCUT2D eigenvalue weighted by Gasteiger charge is -2.56. The van der Waals surface area contributed by atoms with E-state index >= 15 is 0 Å². The van der Waals surface area contributed by atoms with E-state index in [2.05, 4.69) is 5.32 Å². The molecule has 150 valence electrons. The van der Waals surface area contributed by atoms with Crippen molar-refractivity contribution in [3.8, 4) is 5.75 Å².